The summed E-state index contributed by atoms with van der Waals surface area (Å²) in [6.45, 7) is 14.8. The fraction of sp³-hybridized carbons (Fsp3) is 0.600. The van der Waals surface area contributed by atoms with Crippen LogP contribution in [0, 0.1) is 5.92 Å². The average Bonchev–Trinajstić information content (AvgIpc) is 1.56. The lowest BCUT2D eigenvalue weighted by atomic mass is 9.97. The molecule has 0 saturated heterocycles. The average molecular weight is 1370 g/mol. The summed E-state index contributed by atoms with van der Waals surface area (Å²) in [5.74, 6) is 0.530. The zero-order valence-corrected chi connectivity index (χ0v) is 63.2. The lowest BCUT2D eigenvalue weighted by molar-refractivity contribution is 0.351. The van der Waals surface area contributed by atoms with Crippen LogP contribution in [0.5, 0.6) is 0 Å². The van der Waals surface area contributed by atoms with E-state index in [0.29, 0.717) is 5.92 Å². The van der Waals surface area contributed by atoms with Gasteiger partial charge in [-0.05, 0) is 128 Å². The third-order valence-electron chi connectivity index (χ3n) is 19.7. The molecule has 0 amide bonds. The summed E-state index contributed by atoms with van der Waals surface area (Å²) in [4.78, 5) is 13.3. The molecule has 0 bridgehead atoms. The second-order valence-electron chi connectivity index (χ2n) is 27.0. The van der Waals surface area contributed by atoms with Crippen molar-refractivity contribution in [2.45, 2.75) is 305 Å². The first-order valence-corrected chi connectivity index (χ1v) is 43.1. The van der Waals surface area contributed by atoms with Crippen LogP contribution >= 0.6 is 68.0 Å². The van der Waals surface area contributed by atoms with Crippen LogP contribution in [0.15, 0.2) is 68.0 Å². The SMILES string of the molecule is CCCCCCCCCCc1cc(-c2c3cc(-c4ccc(-c5c6c(c(-c7cccs7)c7nn(CC(CC)CCCC)nc57)N=S=N6)s4)sc3c(-c3cc(CCCCCCCCCC)c(CCCCCCCCCC)s3)c3ccsc23)sc1CCCCCCCCCC. The Morgan fingerprint density at radius 1 is 0.370 bits per heavy atom. The van der Waals surface area contributed by atoms with Crippen LogP contribution in [-0.4, -0.2) is 15.0 Å². The van der Waals surface area contributed by atoms with Crippen molar-refractivity contribution in [3.05, 3.63) is 80.2 Å². The number of aromatic nitrogens is 3. The second kappa shape index (κ2) is 38.4. The van der Waals surface area contributed by atoms with Crippen molar-refractivity contribution in [2.24, 2.45) is 14.6 Å². The van der Waals surface area contributed by atoms with Crippen LogP contribution in [0.4, 0.5) is 11.4 Å². The fourth-order valence-electron chi connectivity index (χ4n) is 14.2. The molecule has 12 heteroatoms. The van der Waals surface area contributed by atoms with Gasteiger partial charge in [-0.3, -0.25) is 0 Å². The van der Waals surface area contributed by atoms with E-state index in [1.807, 2.05) is 27.5 Å². The molecule has 1 aliphatic rings. The Morgan fingerprint density at radius 2 is 0.837 bits per heavy atom. The van der Waals surface area contributed by atoms with Gasteiger partial charge >= 0.3 is 0 Å². The summed E-state index contributed by atoms with van der Waals surface area (Å²) >= 11 is 13.3. The largest absolute Gasteiger partial charge is 0.183 e. The zero-order valence-electron chi connectivity index (χ0n) is 57.4. The molecular weight excluding hydrogens is 1260 g/mol. The van der Waals surface area contributed by atoms with E-state index in [9.17, 15) is 0 Å². The molecule has 0 radical (unpaired) electrons. The Hall–Kier alpha value is -3.62. The summed E-state index contributed by atoms with van der Waals surface area (Å²) in [6, 6.07) is 19.7. The van der Waals surface area contributed by atoms with Crippen LogP contribution in [-0.2, 0) is 43.6 Å². The van der Waals surface area contributed by atoms with Gasteiger partial charge in [-0.15, -0.1) is 68.0 Å². The van der Waals surface area contributed by atoms with Gasteiger partial charge in [0.1, 0.15) is 22.4 Å². The highest BCUT2D eigenvalue weighted by molar-refractivity contribution is 7.58. The molecule has 2 aromatic carbocycles. The van der Waals surface area contributed by atoms with Crippen LogP contribution < -0.4 is 0 Å². The number of hydrogen-bond acceptors (Lipinski definition) is 10. The van der Waals surface area contributed by atoms with Gasteiger partial charge < -0.3 is 0 Å². The van der Waals surface area contributed by atoms with E-state index < -0.39 is 0 Å². The number of unbranched alkanes of at least 4 members (excludes halogenated alkanes) is 29. The smallest absolute Gasteiger partial charge is 0.124 e. The maximum atomic E-state index is 5.46. The molecule has 10 rings (SSSR count). The summed E-state index contributed by atoms with van der Waals surface area (Å²) in [5.41, 5.74) is 12.2. The topological polar surface area (TPSA) is 55.4 Å². The molecule has 7 aromatic heterocycles. The Balaban J connectivity index is 1.06. The maximum Gasteiger partial charge on any atom is 0.124 e. The Labute approximate surface area is 583 Å². The van der Waals surface area contributed by atoms with Crippen molar-refractivity contribution < 1.29 is 0 Å². The summed E-state index contributed by atoms with van der Waals surface area (Å²) in [5, 5.41) is 18.3. The molecular formula is C80H111N5S7. The third kappa shape index (κ3) is 18.9. The summed E-state index contributed by atoms with van der Waals surface area (Å²) < 4.78 is 13.1. The molecule has 1 atom stereocenters. The van der Waals surface area contributed by atoms with Crippen molar-refractivity contribution in [3.63, 3.8) is 0 Å². The van der Waals surface area contributed by atoms with Gasteiger partial charge in [0.25, 0.3) is 0 Å². The van der Waals surface area contributed by atoms with E-state index in [0.717, 1.165) is 46.5 Å². The number of benzene rings is 2. The molecule has 92 heavy (non-hydrogen) atoms. The first-order valence-electron chi connectivity index (χ1n) is 37.3. The van der Waals surface area contributed by atoms with E-state index in [4.69, 9.17) is 18.9 Å². The second-order valence-corrected chi connectivity index (χ2v) is 33.8. The van der Waals surface area contributed by atoms with Gasteiger partial charge in [0.05, 0.1) is 29.0 Å². The van der Waals surface area contributed by atoms with Crippen LogP contribution in [0.2, 0.25) is 0 Å². The van der Waals surface area contributed by atoms with Crippen LogP contribution in [0.25, 0.3) is 82.7 Å². The molecule has 5 nitrogen and oxygen atoms in total. The van der Waals surface area contributed by atoms with Crippen molar-refractivity contribution in [1.82, 2.24) is 15.0 Å². The monoisotopic (exact) mass is 1370 g/mol. The quantitative estimate of drug-likeness (QED) is 0.0357. The molecule has 0 saturated carbocycles. The predicted octanol–water partition coefficient (Wildman–Crippen LogP) is 30.1. The first-order chi connectivity index (χ1) is 45.5. The van der Waals surface area contributed by atoms with E-state index >= 15 is 0 Å². The molecule has 0 spiro atoms. The van der Waals surface area contributed by atoms with E-state index in [2.05, 4.69) is 135 Å². The summed E-state index contributed by atoms with van der Waals surface area (Å²) in [7, 11) is 0. The molecule has 0 fully saturated rings. The highest BCUT2D eigenvalue weighted by Gasteiger charge is 2.30. The first kappa shape index (κ1) is 71.2. The Bertz CT molecular complexity index is 3490. The molecule has 498 valence electrons. The third-order valence-corrected chi connectivity index (χ3v) is 27.0. The number of fused-ring (bicyclic) bond motifs is 4. The fourth-order valence-corrected chi connectivity index (χ4v) is 21.7. The molecule has 8 heterocycles. The minimum absolute atomic E-state index is 0.530. The van der Waals surface area contributed by atoms with Gasteiger partial charge in [0, 0.05) is 70.3 Å². The van der Waals surface area contributed by atoms with Gasteiger partial charge in [-0.2, -0.15) is 23.7 Å². The number of aryl methyl sites for hydroxylation is 4. The van der Waals surface area contributed by atoms with Gasteiger partial charge in [-0.25, -0.2) is 0 Å². The van der Waals surface area contributed by atoms with Gasteiger partial charge in [0.15, 0.2) is 0 Å². The van der Waals surface area contributed by atoms with Crippen molar-refractivity contribution >= 4 is 122 Å². The van der Waals surface area contributed by atoms with Gasteiger partial charge in [-0.1, -0.05) is 247 Å². The maximum absolute atomic E-state index is 5.46. The highest BCUT2D eigenvalue weighted by Crippen LogP contribution is 2.57. The number of nitrogens with zero attached hydrogens (tertiary/aromatic N) is 5. The standard InChI is InChI=1S/C80H111N5S7/c1-7-13-18-22-26-30-34-38-44-59-54-69(88-63(59)46-40-36-32-28-24-20-15-9-3)71-61-51-53-87-79(61)72(70-55-60(45-39-35-31-27-23-19-14-8-2)64(89-70)47-41-37-33-29-25-21-16-10-4)62-56-68(91-80(62)71)65-49-50-67(90-65)74-76-75(81-85(82-76)57-58(12-6)43-17-11-5)73(66-48-42-52-86-66)77-78(74)84-92-83-77/h42,48-56,58H,7-41,43-47,57H2,1-6H3. The number of thiophene rings is 6. The van der Waals surface area contributed by atoms with E-state index in [1.54, 1.807) is 32.2 Å². The Kier molecular flexibility index (Phi) is 29.7. The number of hydrogen-bond donors (Lipinski definition) is 0. The molecule has 0 aliphatic carbocycles. The normalized spacial score (nSPS) is 12.7. The highest BCUT2D eigenvalue weighted by atomic mass is 32.1. The lowest BCUT2D eigenvalue weighted by Gasteiger charge is -2.12. The van der Waals surface area contributed by atoms with Crippen LogP contribution in [0.3, 0.4) is 0 Å². The van der Waals surface area contributed by atoms with E-state index in [-0.39, 0.29) is 0 Å². The van der Waals surface area contributed by atoms with E-state index in [1.165, 1.54) is 322 Å². The van der Waals surface area contributed by atoms with Crippen molar-refractivity contribution in [3.8, 4) is 51.5 Å². The molecule has 9 aromatic rings. The Morgan fingerprint density at radius 3 is 1.33 bits per heavy atom. The molecule has 1 aliphatic heterocycles. The minimum Gasteiger partial charge on any atom is -0.183 e. The number of rotatable bonds is 47. The minimum atomic E-state index is 0.530. The molecule has 1 unspecified atom stereocenters. The molecule has 0 N–H and O–H groups in total. The van der Waals surface area contributed by atoms with Gasteiger partial charge in [0.2, 0.25) is 0 Å². The zero-order chi connectivity index (χ0) is 63.7. The van der Waals surface area contributed by atoms with Crippen LogP contribution in [0.1, 0.15) is 294 Å². The summed E-state index contributed by atoms with van der Waals surface area (Å²) in [6.07, 6.45) is 53.1. The lowest BCUT2D eigenvalue weighted by Crippen LogP contribution is -2.12. The van der Waals surface area contributed by atoms with Crippen molar-refractivity contribution in [1.29, 1.82) is 0 Å². The predicted molar refractivity (Wildman–Crippen MR) is 417 cm³/mol. The van der Waals surface area contributed by atoms with Crippen molar-refractivity contribution in [2.75, 3.05) is 0 Å².